The van der Waals surface area contributed by atoms with Crippen LogP contribution in [0.2, 0.25) is 5.02 Å². The van der Waals surface area contributed by atoms with E-state index in [0.29, 0.717) is 13.8 Å². The molecule has 0 saturated heterocycles. The highest BCUT2D eigenvalue weighted by molar-refractivity contribution is 7.92. The van der Waals surface area contributed by atoms with E-state index in [2.05, 4.69) is 15.4 Å². The van der Waals surface area contributed by atoms with E-state index in [1.54, 1.807) is 0 Å². The number of fused-ring (bicyclic) bond motifs is 1. The molecule has 1 aliphatic heterocycles. The highest BCUT2D eigenvalue weighted by atomic mass is 35.5. The maximum absolute atomic E-state index is 13.7. The average molecular weight is 612 g/mol. The molecule has 2 amide bonds. The minimum atomic E-state index is -4.86. The van der Waals surface area contributed by atoms with Crippen molar-refractivity contribution in [1.82, 2.24) is 5.32 Å². The second kappa shape index (κ2) is 10.6. The van der Waals surface area contributed by atoms with Gasteiger partial charge in [-0.2, -0.15) is 13.2 Å². The highest BCUT2D eigenvalue weighted by Crippen LogP contribution is 2.40. The summed E-state index contributed by atoms with van der Waals surface area (Å²) in [6.07, 6.45) is -8.41. The highest BCUT2D eigenvalue weighted by Gasteiger charge is 2.51. The molecular formula is C24H23ClF5N3O6S. The van der Waals surface area contributed by atoms with E-state index in [4.69, 9.17) is 16.3 Å². The Morgan fingerprint density at radius 2 is 1.85 bits per heavy atom. The molecule has 2 aliphatic rings. The lowest BCUT2D eigenvalue weighted by atomic mass is 10.1. The third kappa shape index (κ3) is 6.19. The lowest BCUT2D eigenvalue weighted by Gasteiger charge is -2.36. The van der Waals surface area contributed by atoms with Crippen molar-refractivity contribution in [1.29, 1.82) is 0 Å². The van der Waals surface area contributed by atoms with Crippen molar-refractivity contribution in [3.8, 4) is 5.75 Å². The molecule has 2 aromatic carbocycles. The van der Waals surface area contributed by atoms with Gasteiger partial charge in [-0.25, -0.2) is 22.0 Å². The predicted molar refractivity (Wildman–Crippen MR) is 133 cm³/mol. The van der Waals surface area contributed by atoms with Gasteiger partial charge in [0.25, 0.3) is 10.0 Å². The first kappa shape index (κ1) is 29.6. The summed E-state index contributed by atoms with van der Waals surface area (Å²) in [5.74, 6) is -2.22. The van der Waals surface area contributed by atoms with E-state index in [-0.39, 0.29) is 36.6 Å². The minimum absolute atomic E-state index is 0.0217. The van der Waals surface area contributed by atoms with Crippen molar-refractivity contribution < 1.29 is 49.4 Å². The van der Waals surface area contributed by atoms with E-state index in [1.807, 2.05) is 0 Å². The number of rotatable bonds is 7. The molecule has 2 aromatic rings. The third-order valence-corrected chi connectivity index (χ3v) is 8.27. The van der Waals surface area contributed by atoms with E-state index >= 15 is 0 Å². The van der Waals surface area contributed by atoms with E-state index in [0.717, 1.165) is 28.6 Å². The van der Waals surface area contributed by atoms with E-state index < -0.39 is 67.7 Å². The first-order valence-electron chi connectivity index (χ1n) is 11.8. The zero-order chi connectivity index (χ0) is 29.6. The number of carbonyl (C=O) groups is 2. The number of ether oxygens (including phenoxy) is 2. The standard InChI is InChI=1S/C24H23ClF5N3O6S/c1-23(2,24(28,29)30)39-22(35)32-12-3-6-20-19(7-12)33(40(36,37)14-4-5-17(26)16(25)8-14)11-13(38-20)10-31-21(34)15-9-18(15)27/h3-8,13,15,18H,9-11H2,1-2H3,(H,31,34)(H,32,35)/t13-,15-,18-/m0/s1. The molecule has 4 rings (SSSR count). The summed E-state index contributed by atoms with van der Waals surface area (Å²) in [5, 5.41) is 4.17. The molecule has 3 atom stereocenters. The van der Waals surface area contributed by atoms with Crippen LogP contribution in [0.4, 0.5) is 38.1 Å². The first-order valence-corrected chi connectivity index (χ1v) is 13.6. The van der Waals surface area contributed by atoms with Crippen LogP contribution in [0, 0.1) is 11.7 Å². The lowest BCUT2D eigenvalue weighted by molar-refractivity contribution is -0.242. The monoisotopic (exact) mass is 611 g/mol. The quantitative estimate of drug-likeness (QED) is 0.435. The number of nitrogens with zero attached hydrogens (tertiary/aromatic N) is 1. The van der Waals surface area contributed by atoms with Crippen LogP contribution in [0.1, 0.15) is 20.3 Å². The topological polar surface area (TPSA) is 114 Å². The fraction of sp³-hybridized carbons (Fsp3) is 0.417. The van der Waals surface area contributed by atoms with Crippen LogP contribution >= 0.6 is 11.6 Å². The number of alkyl halides is 4. The van der Waals surface area contributed by atoms with Gasteiger partial charge < -0.3 is 14.8 Å². The first-order chi connectivity index (χ1) is 18.5. The number of sulfonamides is 1. The second-order valence-corrected chi connectivity index (χ2v) is 11.9. The Kier molecular flexibility index (Phi) is 7.84. The molecule has 1 saturated carbocycles. The van der Waals surface area contributed by atoms with E-state index in [1.165, 1.54) is 12.1 Å². The SMILES string of the molecule is CC(C)(OC(=O)Nc1ccc2c(c1)N(S(=O)(=O)c1ccc(F)c(Cl)c1)C[C@H](CNC(=O)[C@H]1C[C@@H]1F)O2)C(F)(F)F. The van der Waals surface area contributed by atoms with Crippen molar-refractivity contribution >= 4 is 45.0 Å². The fourth-order valence-corrected chi connectivity index (χ4v) is 5.47. The van der Waals surface area contributed by atoms with Crippen molar-refractivity contribution in [2.75, 3.05) is 22.7 Å². The van der Waals surface area contributed by atoms with Crippen LogP contribution in [0.3, 0.4) is 0 Å². The van der Waals surface area contributed by atoms with Gasteiger partial charge in [0.15, 0.2) is 0 Å². The number of anilines is 2. The normalized spacial score (nSPS) is 20.7. The molecule has 16 heteroatoms. The molecule has 218 valence electrons. The van der Waals surface area contributed by atoms with Crippen molar-refractivity contribution in [2.24, 2.45) is 5.92 Å². The van der Waals surface area contributed by atoms with Gasteiger partial charge in [-0.1, -0.05) is 11.6 Å². The Bertz CT molecular complexity index is 1440. The van der Waals surface area contributed by atoms with Gasteiger partial charge in [-0.3, -0.25) is 14.4 Å². The van der Waals surface area contributed by atoms with Gasteiger partial charge in [-0.15, -0.1) is 0 Å². The zero-order valence-electron chi connectivity index (χ0n) is 20.9. The summed E-state index contributed by atoms with van der Waals surface area (Å²) in [5.41, 5.74) is -3.06. The summed E-state index contributed by atoms with van der Waals surface area (Å²) < 4.78 is 105. The number of nitrogens with one attached hydrogen (secondary N) is 2. The molecule has 1 heterocycles. The fourth-order valence-electron chi connectivity index (χ4n) is 3.70. The van der Waals surface area contributed by atoms with Crippen molar-refractivity contribution in [2.45, 2.75) is 49.2 Å². The Morgan fingerprint density at radius 1 is 1.18 bits per heavy atom. The predicted octanol–water partition coefficient (Wildman–Crippen LogP) is 4.80. The number of hydrogen-bond donors (Lipinski definition) is 2. The summed E-state index contributed by atoms with van der Waals surface area (Å²) >= 11 is 5.78. The molecule has 1 fully saturated rings. The lowest BCUT2D eigenvalue weighted by Crippen LogP contribution is -2.48. The number of hydrogen-bond acceptors (Lipinski definition) is 6. The van der Waals surface area contributed by atoms with E-state index in [9.17, 15) is 40.0 Å². The van der Waals surface area contributed by atoms with Gasteiger partial charge in [0.2, 0.25) is 11.5 Å². The Morgan fingerprint density at radius 3 is 2.45 bits per heavy atom. The Hall–Kier alpha value is -3.33. The summed E-state index contributed by atoms with van der Waals surface area (Å²) in [6, 6.07) is 6.35. The molecule has 0 radical (unpaired) electrons. The Balaban J connectivity index is 1.63. The summed E-state index contributed by atoms with van der Waals surface area (Å²) in [4.78, 5) is 23.9. The molecule has 0 unspecified atom stereocenters. The van der Waals surface area contributed by atoms with Gasteiger partial charge in [0, 0.05) is 5.69 Å². The number of halogens is 6. The van der Waals surface area contributed by atoms with Gasteiger partial charge in [-0.05, 0) is 56.7 Å². The molecule has 2 N–H and O–H groups in total. The van der Waals surface area contributed by atoms with Crippen LogP contribution in [-0.4, -0.2) is 57.6 Å². The summed E-state index contributed by atoms with van der Waals surface area (Å²) in [7, 11) is -4.46. The van der Waals surface area contributed by atoms with Crippen LogP contribution in [-0.2, 0) is 19.6 Å². The minimum Gasteiger partial charge on any atom is -0.484 e. The van der Waals surface area contributed by atoms with Crippen LogP contribution in [0.5, 0.6) is 5.75 Å². The maximum atomic E-state index is 13.7. The van der Waals surface area contributed by atoms with Crippen molar-refractivity contribution in [3.05, 3.63) is 47.2 Å². The van der Waals surface area contributed by atoms with Crippen LogP contribution < -0.4 is 19.7 Å². The maximum Gasteiger partial charge on any atom is 0.427 e. The number of carbonyl (C=O) groups excluding carboxylic acids is 2. The molecule has 0 spiro atoms. The largest absolute Gasteiger partial charge is 0.484 e. The number of benzene rings is 2. The smallest absolute Gasteiger partial charge is 0.427 e. The average Bonchev–Trinajstić information content (AvgIpc) is 3.59. The van der Waals surface area contributed by atoms with Gasteiger partial charge >= 0.3 is 12.3 Å². The summed E-state index contributed by atoms with van der Waals surface area (Å²) in [6.45, 7) is 0.746. The van der Waals surface area contributed by atoms with Gasteiger partial charge in [0.05, 0.1) is 34.6 Å². The molecule has 0 bridgehead atoms. The third-order valence-electron chi connectivity index (χ3n) is 6.20. The van der Waals surface area contributed by atoms with Crippen LogP contribution in [0.15, 0.2) is 41.3 Å². The Labute approximate surface area is 230 Å². The number of amides is 2. The van der Waals surface area contributed by atoms with Crippen LogP contribution in [0.25, 0.3) is 0 Å². The molecule has 9 nitrogen and oxygen atoms in total. The second-order valence-electron chi connectivity index (χ2n) is 9.66. The zero-order valence-corrected chi connectivity index (χ0v) is 22.5. The van der Waals surface area contributed by atoms with Gasteiger partial charge in [0.1, 0.15) is 23.8 Å². The molecule has 40 heavy (non-hydrogen) atoms. The molecular weight excluding hydrogens is 589 g/mol. The molecule has 0 aromatic heterocycles. The van der Waals surface area contributed by atoms with Crippen molar-refractivity contribution in [3.63, 3.8) is 0 Å². The molecule has 1 aliphatic carbocycles.